The molecule has 2 rings (SSSR count). The summed E-state index contributed by atoms with van der Waals surface area (Å²) in [4.78, 5) is 5.52. The Morgan fingerprint density at radius 3 is 2.59 bits per heavy atom. The van der Waals surface area contributed by atoms with Crippen LogP contribution >= 0.6 is 11.3 Å². The molecule has 2 N–H and O–H groups in total. The van der Waals surface area contributed by atoms with Gasteiger partial charge < -0.3 is 10.5 Å². The maximum atomic E-state index is 5.81. The smallest absolute Gasteiger partial charge is 0.118 e. The number of rotatable bonds is 4. The van der Waals surface area contributed by atoms with Gasteiger partial charge in [0.05, 0.1) is 12.1 Å². The predicted molar refractivity (Wildman–Crippen MR) is 70.5 cm³/mol. The van der Waals surface area contributed by atoms with E-state index in [1.807, 2.05) is 25.3 Å². The second-order valence-electron chi connectivity index (χ2n) is 3.97. The maximum Gasteiger partial charge on any atom is 0.118 e. The van der Waals surface area contributed by atoms with Crippen LogP contribution in [0.15, 0.2) is 30.5 Å². The number of ether oxygens (including phenoxy) is 1. The van der Waals surface area contributed by atoms with Crippen molar-refractivity contribution in [3.63, 3.8) is 0 Å². The molecule has 0 saturated carbocycles. The Morgan fingerprint density at radius 2 is 2.06 bits per heavy atom. The van der Waals surface area contributed by atoms with Gasteiger partial charge in [0.2, 0.25) is 0 Å². The van der Waals surface area contributed by atoms with E-state index in [0.717, 1.165) is 22.1 Å². The molecule has 0 bridgehead atoms. The number of hydrogen-bond acceptors (Lipinski definition) is 4. The van der Waals surface area contributed by atoms with Crippen LogP contribution < -0.4 is 10.5 Å². The van der Waals surface area contributed by atoms with Crippen LogP contribution in [-0.2, 0) is 6.42 Å². The molecule has 1 unspecified atom stereocenters. The van der Waals surface area contributed by atoms with Crippen molar-refractivity contribution in [3.8, 4) is 5.75 Å². The van der Waals surface area contributed by atoms with Crippen LogP contribution in [0, 0.1) is 0 Å². The number of aromatic nitrogens is 1. The van der Waals surface area contributed by atoms with Gasteiger partial charge in [0.1, 0.15) is 5.75 Å². The average molecular weight is 248 g/mol. The first-order valence-corrected chi connectivity index (χ1v) is 6.34. The molecule has 0 saturated heterocycles. The normalized spacial score (nSPS) is 12.4. The second kappa shape index (κ2) is 5.29. The molecule has 17 heavy (non-hydrogen) atoms. The van der Waals surface area contributed by atoms with Gasteiger partial charge in [-0.2, -0.15) is 0 Å². The van der Waals surface area contributed by atoms with E-state index in [0.29, 0.717) is 0 Å². The van der Waals surface area contributed by atoms with Crippen molar-refractivity contribution in [1.29, 1.82) is 0 Å². The molecule has 90 valence electrons. The van der Waals surface area contributed by atoms with Crippen molar-refractivity contribution >= 4 is 11.3 Å². The topological polar surface area (TPSA) is 48.1 Å². The minimum Gasteiger partial charge on any atom is -0.497 e. The van der Waals surface area contributed by atoms with Gasteiger partial charge in [0, 0.05) is 23.5 Å². The van der Waals surface area contributed by atoms with Gasteiger partial charge in [0.25, 0.3) is 0 Å². The van der Waals surface area contributed by atoms with Gasteiger partial charge in [0.15, 0.2) is 0 Å². The summed E-state index contributed by atoms with van der Waals surface area (Å²) in [6.45, 7) is 1.98. The number of benzene rings is 1. The maximum absolute atomic E-state index is 5.81. The molecule has 0 aliphatic rings. The van der Waals surface area contributed by atoms with E-state index in [1.54, 1.807) is 18.4 Å². The molecule has 2 aromatic rings. The Morgan fingerprint density at radius 1 is 1.35 bits per heavy atom. The zero-order chi connectivity index (χ0) is 12.3. The second-order valence-corrected chi connectivity index (χ2v) is 5.12. The third-order valence-corrected chi connectivity index (χ3v) is 3.73. The van der Waals surface area contributed by atoms with Crippen LogP contribution in [0.3, 0.4) is 0 Å². The van der Waals surface area contributed by atoms with Crippen LogP contribution in [0.2, 0.25) is 0 Å². The summed E-state index contributed by atoms with van der Waals surface area (Å²) in [5.41, 5.74) is 7.04. The van der Waals surface area contributed by atoms with Gasteiger partial charge in [-0.25, -0.2) is 4.98 Å². The first kappa shape index (κ1) is 12.1. The van der Waals surface area contributed by atoms with Crippen LogP contribution in [0.4, 0.5) is 0 Å². The monoisotopic (exact) mass is 248 g/mol. The lowest BCUT2D eigenvalue weighted by atomic mass is 10.1. The van der Waals surface area contributed by atoms with E-state index in [4.69, 9.17) is 10.5 Å². The minimum absolute atomic E-state index is 0.0668. The third kappa shape index (κ3) is 3.05. The molecule has 0 aliphatic carbocycles. The number of thiazole rings is 1. The highest BCUT2D eigenvalue weighted by atomic mass is 32.1. The Hall–Kier alpha value is -1.39. The summed E-state index contributed by atoms with van der Waals surface area (Å²) < 4.78 is 5.13. The number of hydrogen-bond donors (Lipinski definition) is 1. The van der Waals surface area contributed by atoms with Crippen molar-refractivity contribution in [3.05, 3.63) is 45.9 Å². The summed E-state index contributed by atoms with van der Waals surface area (Å²) >= 11 is 1.68. The fourth-order valence-electron chi connectivity index (χ4n) is 1.53. The van der Waals surface area contributed by atoms with Crippen molar-refractivity contribution in [1.82, 2.24) is 4.98 Å². The molecule has 0 amide bonds. The van der Waals surface area contributed by atoms with Crippen LogP contribution in [0.1, 0.15) is 28.4 Å². The fraction of sp³-hybridized carbons (Fsp3) is 0.308. The summed E-state index contributed by atoms with van der Waals surface area (Å²) in [7, 11) is 1.67. The van der Waals surface area contributed by atoms with Crippen molar-refractivity contribution in [2.75, 3.05) is 7.11 Å². The predicted octanol–water partition coefficient (Wildman–Crippen LogP) is 2.76. The molecule has 0 spiro atoms. The number of nitrogens with zero attached hydrogens (tertiary/aromatic N) is 1. The summed E-state index contributed by atoms with van der Waals surface area (Å²) in [6, 6.07) is 8.12. The van der Waals surface area contributed by atoms with E-state index in [1.165, 1.54) is 5.56 Å². The molecule has 0 radical (unpaired) electrons. The van der Waals surface area contributed by atoms with E-state index in [9.17, 15) is 0 Å². The van der Waals surface area contributed by atoms with E-state index >= 15 is 0 Å². The van der Waals surface area contributed by atoms with Gasteiger partial charge in [-0.3, -0.25) is 0 Å². The van der Waals surface area contributed by atoms with Crippen molar-refractivity contribution in [2.45, 2.75) is 19.4 Å². The highest BCUT2D eigenvalue weighted by molar-refractivity contribution is 7.11. The highest BCUT2D eigenvalue weighted by Crippen LogP contribution is 2.22. The van der Waals surface area contributed by atoms with Gasteiger partial charge in [-0.1, -0.05) is 12.1 Å². The van der Waals surface area contributed by atoms with Crippen molar-refractivity contribution in [2.24, 2.45) is 5.73 Å². The highest BCUT2D eigenvalue weighted by Gasteiger charge is 2.06. The van der Waals surface area contributed by atoms with Gasteiger partial charge in [-0.15, -0.1) is 11.3 Å². The molecular weight excluding hydrogens is 232 g/mol. The summed E-state index contributed by atoms with van der Waals surface area (Å²) in [6.07, 6.45) is 2.72. The summed E-state index contributed by atoms with van der Waals surface area (Å²) in [5, 5.41) is 1.10. The molecule has 4 heteroatoms. The largest absolute Gasteiger partial charge is 0.497 e. The lowest BCUT2D eigenvalue weighted by Gasteiger charge is -2.01. The minimum atomic E-state index is 0.0668. The van der Waals surface area contributed by atoms with Crippen LogP contribution in [0.5, 0.6) is 5.75 Å². The Bertz CT molecular complexity index is 476. The number of nitrogens with two attached hydrogens (primary N) is 1. The molecule has 1 aromatic carbocycles. The first-order valence-electron chi connectivity index (χ1n) is 5.52. The van der Waals surface area contributed by atoms with Gasteiger partial charge in [-0.05, 0) is 24.6 Å². The van der Waals surface area contributed by atoms with E-state index in [-0.39, 0.29) is 6.04 Å². The Labute approximate surface area is 105 Å². The quantitative estimate of drug-likeness (QED) is 0.905. The van der Waals surface area contributed by atoms with E-state index in [2.05, 4.69) is 17.1 Å². The van der Waals surface area contributed by atoms with Gasteiger partial charge >= 0.3 is 0 Å². The first-order chi connectivity index (χ1) is 8.19. The summed E-state index contributed by atoms with van der Waals surface area (Å²) in [5.74, 6) is 0.879. The molecule has 1 atom stereocenters. The standard InChI is InChI=1S/C13H16N2OS/c1-9(14)12-8-15-13(17-12)7-10-3-5-11(16-2)6-4-10/h3-6,8-9H,7,14H2,1-2H3. The van der Waals surface area contributed by atoms with Crippen LogP contribution in [0.25, 0.3) is 0 Å². The van der Waals surface area contributed by atoms with Crippen molar-refractivity contribution < 1.29 is 4.74 Å². The molecule has 1 heterocycles. The lowest BCUT2D eigenvalue weighted by Crippen LogP contribution is -2.01. The zero-order valence-corrected chi connectivity index (χ0v) is 10.8. The molecule has 0 aliphatic heterocycles. The molecule has 0 fully saturated rings. The lowest BCUT2D eigenvalue weighted by molar-refractivity contribution is 0.414. The SMILES string of the molecule is COc1ccc(Cc2ncc(C(C)N)s2)cc1. The Kier molecular flexibility index (Phi) is 3.76. The average Bonchev–Trinajstić information content (AvgIpc) is 2.79. The molecule has 3 nitrogen and oxygen atoms in total. The zero-order valence-electron chi connectivity index (χ0n) is 10.0. The van der Waals surface area contributed by atoms with Crippen LogP contribution in [-0.4, -0.2) is 12.1 Å². The number of methoxy groups -OCH3 is 1. The third-order valence-electron chi connectivity index (χ3n) is 2.53. The Balaban J connectivity index is 2.08. The van der Waals surface area contributed by atoms with E-state index < -0.39 is 0 Å². The molecular formula is C13H16N2OS. The molecule has 1 aromatic heterocycles. The fourth-order valence-corrected chi connectivity index (χ4v) is 2.44.